The number of amides is 2. The molecular weight excluding hydrogens is 294 g/mol. The molecule has 0 bridgehead atoms. The van der Waals surface area contributed by atoms with Crippen LogP contribution in [0.5, 0.6) is 0 Å². The molecule has 0 aromatic heterocycles. The molecular formula is C18H21NO4. The van der Waals surface area contributed by atoms with Crippen LogP contribution in [0.2, 0.25) is 0 Å². The Kier molecular flexibility index (Phi) is 4.20. The fourth-order valence-electron chi connectivity index (χ4n) is 3.88. The second-order valence-corrected chi connectivity index (χ2v) is 6.31. The average Bonchev–Trinajstić information content (AvgIpc) is 2.81. The van der Waals surface area contributed by atoms with Gasteiger partial charge in [0, 0.05) is 0 Å². The molecule has 2 fully saturated rings. The van der Waals surface area contributed by atoms with Crippen LogP contribution in [0.3, 0.4) is 0 Å². The zero-order chi connectivity index (χ0) is 16.6. The van der Waals surface area contributed by atoms with Crippen molar-refractivity contribution in [2.24, 2.45) is 23.7 Å². The summed E-state index contributed by atoms with van der Waals surface area (Å²) in [5.41, 5.74) is 0.576. The summed E-state index contributed by atoms with van der Waals surface area (Å²) < 4.78 is 5.13. The fraction of sp³-hybridized carbons (Fsp3) is 0.500. The SMILES string of the molecule is CCOC(=O)[C@@H]1CC[C@H](C)[C@H]2C(=O)N(c3ccccc3)C(=O)[C@H]21. The molecule has 5 nitrogen and oxygen atoms in total. The summed E-state index contributed by atoms with van der Waals surface area (Å²) >= 11 is 0. The minimum absolute atomic E-state index is 0.0934. The molecule has 4 atom stereocenters. The number of benzene rings is 1. The summed E-state index contributed by atoms with van der Waals surface area (Å²) in [6.07, 6.45) is 1.36. The standard InChI is InChI=1S/C18H21NO4/c1-3-23-18(22)13-10-9-11(2)14-15(13)17(21)19(16(14)20)12-7-5-4-6-8-12/h4-8,11,13-15H,3,9-10H2,1-2H3/t11-,13+,14+,15-/m0/s1. The maximum Gasteiger partial charge on any atom is 0.309 e. The topological polar surface area (TPSA) is 63.7 Å². The summed E-state index contributed by atoms with van der Waals surface area (Å²) in [5, 5.41) is 0. The molecule has 1 saturated carbocycles. The zero-order valence-corrected chi connectivity index (χ0v) is 13.4. The van der Waals surface area contributed by atoms with Crippen molar-refractivity contribution in [3.8, 4) is 0 Å². The van der Waals surface area contributed by atoms with Gasteiger partial charge in [0.05, 0.1) is 30.0 Å². The van der Waals surface area contributed by atoms with Crippen molar-refractivity contribution in [2.45, 2.75) is 26.7 Å². The highest BCUT2D eigenvalue weighted by Gasteiger charge is 2.57. The van der Waals surface area contributed by atoms with Crippen molar-refractivity contribution in [2.75, 3.05) is 11.5 Å². The highest BCUT2D eigenvalue weighted by molar-refractivity contribution is 6.22. The number of carbonyl (C=O) groups excluding carboxylic acids is 3. The van der Waals surface area contributed by atoms with Crippen LogP contribution in [-0.2, 0) is 19.1 Å². The Morgan fingerprint density at radius 3 is 2.43 bits per heavy atom. The molecule has 3 rings (SSSR count). The van der Waals surface area contributed by atoms with Gasteiger partial charge in [-0.1, -0.05) is 25.1 Å². The summed E-state index contributed by atoms with van der Waals surface area (Å²) in [7, 11) is 0. The van der Waals surface area contributed by atoms with Crippen molar-refractivity contribution in [3.63, 3.8) is 0 Å². The number of hydrogen-bond donors (Lipinski definition) is 0. The molecule has 0 N–H and O–H groups in total. The minimum Gasteiger partial charge on any atom is -0.466 e. The Labute approximate surface area is 135 Å². The predicted molar refractivity (Wildman–Crippen MR) is 84.4 cm³/mol. The number of fused-ring (bicyclic) bond motifs is 1. The van der Waals surface area contributed by atoms with Gasteiger partial charge in [-0.3, -0.25) is 19.3 Å². The lowest BCUT2D eigenvalue weighted by Crippen LogP contribution is -2.40. The molecule has 0 spiro atoms. The molecule has 1 aromatic carbocycles. The van der Waals surface area contributed by atoms with Gasteiger partial charge in [0.1, 0.15) is 0 Å². The maximum atomic E-state index is 12.9. The minimum atomic E-state index is -0.592. The van der Waals surface area contributed by atoms with Crippen molar-refractivity contribution < 1.29 is 19.1 Å². The predicted octanol–water partition coefficient (Wildman–Crippen LogP) is 2.40. The molecule has 1 saturated heterocycles. The number of hydrogen-bond acceptors (Lipinski definition) is 4. The number of para-hydroxylation sites is 1. The fourth-order valence-corrected chi connectivity index (χ4v) is 3.88. The number of rotatable bonds is 3. The summed E-state index contributed by atoms with van der Waals surface area (Å²) in [6.45, 7) is 4.02. The van der Waals surface area contributed by atoms with Crippen LogP contribution >= 0.6 is 0 Å². The van der Waals surface area contributed by atoms with Crippen LogP contribution in [0, 0.1) is 23.7 Å². The quantitative estimate of drug-likeness (QED) is 0.635. The zero-order valence-electron chi connectivity index (χ0n) is 13.4. The van der Waals surface area contributed by atoms with E-state index >= 15 is 0 Å². The molecule has 23 heavy (non-hydrogen) atoms. The lowest BCUT2D eigenvalue weighted by atomic mass is 9.68. The third-order valence-electron chi connectivity index (χ3n) is 4.98. The van der Waals surface area contributed by atoms with Gasteiger partial charge >= 0.3 is 5.97 Å². The van der Waals surface area contributed by atoms with Crippen LogP contribution in [0.4, 0.5) is 5.69 Å². The summed E-state index contributed by atoms with van der Waals surface area (Å²) in [5.74, 6) is -2.25. The number of imide groups is 1. The van der Waals surface area contributed by atoms with Gasteiger partial charge in [-0.15, -0.1) is 0 Å². The highest BCUT2D eigenvalue weighted by atomic mass is 16.5. The van der Waals surface area contributed by atoms with Crippen molar-refractivity contribution >= 4 is 23.5 Å². The van der Waals surface area contributed by atoms with Gasteiger partial charge in [0.15, 0.2) is 0 Å². The van der Waals surface area contributed by atoms with Gasteiger partial charge in [-0.25, -0.2) is 0 Å². The van der Waals surface area contributed by atoms with E-state index in [1.807, 2.05) is 13.0 Å². The normalized spacial score (nSPS) is 30.3. The van der Waals surface area contributed by atoms with E-state index in [1.165, 1.54) is 4.90 Å². The lowest BCUT2D eigenvalue weighted by Gasteiger charge is -2.33. The molecule has 0 unspecified atom stereocenters. The third-order valence-corrected chi connectivity index (χ3v) is 4.98. The first-order chi connectivity index (χ1) is 11.1. The van der Waals surface area contributed by atoms with Crippen LogP contribution in [0.1, 0.15) is 26.7 Å². The summed E-state index contributed by atoms with van der Waals surface area (Å²) in [4.78, 5) is 39.2. The van der Waals surface area contributed by atoms with Crippen molar-refractivity contribution in [1.82, 2.24) is 0 Å². The average molecular weight is 315 g/mol. The van der Waals surface area contributed by atoms with Crippen LogP contribution < -0.4 is 4.90 Å². The van der Waals surface area contributed by atoms with Gasteiger partial charge in [0.2, 0.25) is 11.8 Å². The van der Waals surface area contributed by atoms with Gasteiger partial charge < -0.3 is 4.74 Å². The van der Waals surface area contributed by atoms with Crippen LogP contribution in [-0.4, -0.2) is 24.4 Å². The Hall–Kier alpha value is -2.17. The van der Waals surface area contributed by atoms with Gasteiger partial charge in [-0.2, -0.15) is 0 Å². The molecule has 0 radical (unpaired) electrons. The van der Waals surface area contributed by atoms with E-state index < -0.39 is 17.8 Å². The summed E-state index contributed by atoms with van der Waals surface area (Å²) in [6, 6.07) is 8.92. The maximum absolute atomic E-state index is 12.9. The third kappa shape index (κ3) is 2.54. The van der Waals surface area contributed by atoms with E-state index in [4.69, 9.17) is 4.74 Å². The van der Waals surface area contributed by atoms with Crippen molar-refractivity contribution in [3.05, 3.63) is 30.3 Å². The lowest BCUT2D eigenvalue weighted by molar-refractivity contribution is -0.155. The molecule has 2 aliphatic rings. The van der Waals surface area contributed by atoms with E-state index in [2.05, 4.69) is 0 Å². The first-order valence-electron chi connectivity index (χ1n) is 8.15. The van der Waals surface area contributed by atoms with Gasteiger partial charge in [0.25, 0.3) is 0 Å². The van der Waals surface area contributed by atoms with E-state index in [0.29, 0.717) is 12.1 Å². The molecule has 5 heteroatoms. The van der Waals surface area contributed by atoms with E-state index in [0.717, 1.165) is 6.42 Å². The number of ether oxygens (including phenoxy) is 1. The van der Waals surface area contributed by atoms with E-state index in [-0.39, 0.29) is 30.3 Å². The molecule has 2 amide bonds. The van der Waals surface area contributed by atoms with E-state index in [9.17, 15) is 14.4 Å². The largest absolute Gasteiger partial charge is 0.466 e. The second kappa shape index (κ2) is 6.14. The molecule has 122 valence electrons. The first-order valence-corrected chi connectivity index (χ1v) is 8.15. The molecule has 1 aliphatic heterocycles. The number of carbonyl (C=O) groups is 3. The monoisotopic (exact) mass is 315 g/mol. The highest BCUT2D eigenvalue weighted by Crippen LogP contribution is 2.46. The second-order valence-electron chi connectivity index (χ2n) is 6.31. The number of esters is 1. The Morgan fingerprint density at radius 1 is 1.13 bits per heavy atom. The van der Waals surface area contributed by atoms with Crippen molar-refractivity contribution in [1.29, 1.82) is 0 Å². The Balaban J connectivity index is 1.96. The van der Waals surface area contributed by atoms with Gasteiger partial charge in [-0.05, 0) is 37.8 Å². The number of nitrogens with zero attached hydrogens (tertiary/aromatic N) is 1. The van der Waals surface area contributed by atoms with E-state index in [1.54, 1.807) is 31.2 Å². The Bertz CT molecular complexity index is 627. The Morgan fingerprint density at radius 2 is 1.78 bits per heavy atom. The van der Waals surface area contributed by atoms with Crippen LogP contribution in [0.25, 0.3) is 0 Å². The molecule has 1 aromatic rings. The number of anilines is 1. The first kappa shape index (κ1) is 15.7. The van der Waals surface area contributed by atoms with Crippen LogP contribution in [0.15, 0.2) is 30.3 Å². The smallest absolute Gasteiger partial charge is 0.309 e. The molecule has 1 aliphatic carbocycles. The molecule has 1 heterocycles.